The lowest BCUT2D eigenvalue weighted by Crippen LogP contribution is -2.06. The summed E-state index contributed by atoms with van der Waals surface area (Å²) in [6, 6.07) is 28.9. The topological polar surface area (TPSA) is 40.7 Å². The Morgan fingerprint density at radius 3 is 2.16 bits per heavy atom. The minimum atomic E-state index is 0.593. The van der Waals surface area contributed by atoms with Crippen molar-refractivity contribution in [1.29, 1.82) is 0 Å². The molecule has 5 rings (SSSR count). The molecular formula is C27H25N3O2. The Hall–Kier alpha value is -3.83. The average Bonchev–Trinajstić information content (AvgIpc) is 3.40. The van der Waals surface area contributed by atoms with Gasteiger partial charge < -0.3 is 14.0 Å². The molecule has 0 aliphatic heterocycles. The predicted octanol–water partition coefficient (Wildman–Crippen LogP) is 5.79. The molecule has 0 saturated heterocycles. The number of benzene rings is 3. The van der Waals surface area contributed by atoms with E-state index >= 15 is 0 Å². The summed E-state index contributed by atoms with van der Waals surface area (Å²) in [6.07, 6.45) is 2.17. The van der Waals surface area contributed by atoms with Crippen molar-refractivity contribution in [2.75, 3.05) is 20.8 Å². The highest BCUT2D eigenvalue weighted by atomic mass is 16.5. The summed E-state index contributed by atoms with van der Waals surface area (Å²) < 4.78 is 15.3. The maximum Gasteiger partial charge on any atom is 0.215 e. The summed E-state index contributed by atoms with van der Waals surface area (Å²) in [4.78, 5) is 5.14. The van der Waals surface area contributed by atoms with Crippen LogP contribution in [0.3, 0.4) is 0 Å². The number of fused-ring (bicyclic) bond motifs is 1. The highest BCUT2D eigenvalue weighted by Crippen LogP contribution is 2.36. The molecule has 0 aliphatic carbocycles. The van der Waals surface area contributed by atoms with E-state index in [1.165, 1.54) is 0 Å². The molecule has 5 aromatic rings. The first-order valence-corrected chi connectivity index (χ1v) is 10.7. The van der Waals surface area contributed by atoms with Crippen LogP contribution in [0.2, 0.25) is 0 Å². The third-order valence-corrected chi connectivity index (χ3v) is 5.66. The van der Waals surface area contributed by atoms with Gasteiger partial charge in [-0.3, -0.25) is 4.40 Å². The normalized spacial score (nSPS) is 11.2. The first-order chi connectivity index (χ1) is 15.8. The van der Waals surface area contributed by atoms with Crippen LogP contribution in [0.4, 0.5) is 0 Å². The van der Waals surface area contributed by atoms with Gasteiger partial charge in [0.05, 0.1) is 30.8 Å². The number of ether oxygens (including phenoxy) is 2. The molecule has 0 unspecified atom stereocenters. The Morgan fingerprint density at radius 2 is 1.47 bits per heavy atom. The van der Waals surface area contributed by atoms with Crippen molar-refractivity contribution < 1.29 is 9.47 Å². The molecule has 0 fully saturated rings. The molecule has 0 N–H and O–H groups in total. The van der Waals surface area contributed by atoms with Gasteiger partial charge in [0.1, 0.15) is 5.75 Å². The third-order valence-electron chi connectivity index (χ3n) is 5.66. The standard InChI is InChI=1S/C27H25N3O2/c1-31-17-16-29-24(22-14-9-15-23(18-22)32-2)19-30-26(21-12-7-4-8-13-21)25(28-27(29)30)20-10-5-3-6-11-20/h3-15,18-19H,16-17H2,1-2H3. The Morgan fingerprint density at radius 1 is 0.781 bits per heavy atom. The van der Waals surface area contributed by atoms with Crippen LogP contribution in [0.15, 0.2) is 91.1 Å². The number of nitrogens with zero attached hydrogens (tertiary/aromatic N) is 3. The maximum absolute atomic E-state index is 5.47. The summed E-state index contributed by atoms with van der Waals surface area (Å²) >= 11 is 0. The number of hydrogen-bond donors (Lipinski definition) is 0. The molecule has 5 nitrogen and oxygen atoms in total. The highest BCUT2D eigenvalue weighted by molar-refractivity contribution is 5.82. The van der Waals surface area contributed by atoms with E-state index in [9.17, 15) is 0 Å². The van der Waals surface area contributed by atoms with Crippen LogP contribution < -0.4 is 4.74 Å². The van der Waals surface area contributed by atoms with Crippen LogP contribution in [-0.2, 0) is 11.3 Å². The molecule has 0 amide bonds. The van der Waals surface area contributed by atoms with Crippen LogP contribution in [-0.4, -0.2) is 34.8 Å². The second-order valence-corrected chi connectivity index (χ2v) is 7.60. The summed E-state index contributed by atoms with van der Waals surface area (Å²) in [7, 11) is 3.41. The van der Waals surface area contributed by atoms with Gasteiger partial charge in [0, 0.05) is 36.5 Å². The van der Waals surface area contributed by atoms with Crippen molar-refractivity contribution in [2.45, 2.75) is 6.54 Å². The molecule has 2 aromatic heterocycles. The third kappa shape index (κ3) is 3.57. The van der Waals surface area contributed by atoms with Crippen molar-refractivity contribution in [3.05, 3.63) is 91.1 Å². The largest absolute Gasteiger partial charge is 0.497 e. The van der Waals surface area contributed by atoms with Gasteiger partial charge in [-0.25, -0.2) is 4.98 Å². The fourth-order valence-corrected chi connectivity index (χ4v) is 4.12. The molecule has 0 saturated carbocycles. The molecule has 0 atom stereocenters. The number of aromatic nitrogens is 3. The fourth-order valence-electron chi connectivity index (χ4n) is 4.12. The van der Waals surface area contributed by atoms with Crippen LogP contribution in [0.25, 0.3) is 39.5 Å². The molecule has 0 radical (unpaired) electrons. The van der Waals surface area contributed by atoms with Crippen LogP contribution in [0, 0.1) is 0 Å². The Bertz CT molecular complexity index is 1340. The molecule has 5 heteroatoms. The molecule has 160 valence electrons. The second-order valence-electron chi connectivity index (χ2n) is 7.60. The SMILES string of the molecule is COCCn1c(-c2cccc(OC)c2)cn2c(-c3ccccc3)c(-c3ccccc3)nc12. The van der Waals surface area contributed by atoms with Crippen LogP contribution >= 0.6 is 0 Å². The maximum atomic E-state index is 5.47. The summed E-state index contributed by atoms with van der Waals surface area (Å²) in [5.41, 5.74) is 6.41. The van der Waals surface area contributed by atoms with Gasteiger partial charge in [-0.05, 0) is 12.1 Å². The van der Waals surface area contributed by atoms with Gasteiger partial charge in [0.25, 0.3) is 0 Å². The zero-order chi connectivity index (χ0) is 21.9. The number of rotatable bonds is 7. The van der Waals surface area contributed by atoms with Crippen molar-refractivity contribution in [3.63, 3.8) is 0 Å². The molecule has 3 aromatic carbocycles. The van der Waals surface area contributed by atoms with Gasteiger partial charge in [0.15, 0.2) is 0 Å². The monoisotopic (exact) mass is 423 g/mol. The van der Waals surface area contributed by atoms with Gasteiger partial charge in [-0.2, -0.15) is 0 Å². The molecule has 0 aliphatic rings. The van der Waals surface area contributed by atoms with E-state index in [1.807, 2.05) is 24.3 Å². The second kappa shape index (κ2) is 8.73. The first kappa shape index (κ1) is 20.1. The molecule has 32 heavy (non-hydrogen) atoms. The van der Waals surface area contributed by atoms with E-state index in [-0.39, 0.29) is 0 Å². The zero-order valence-electron chi connectivity index (χ0n) is 18.2. The lowest BCUT2D eigenvalue weighted by Gasteiger charge is -2.09. The lowest BCUT2D eigenvalue weighted by atomic mass is 10.0. The predicted molar refractivity (Wildman–Crippen MR) is 128 cm³/mol. The van der Waals surface area contributed by atoms with E-state index in [2.05, 4.69) is 75.8 Å². The van der Waals surface area contributed by atoms with Crippen molar-refractivity contribution in [1.82, 2.24) is 14.0 Å². The molecule has 2 heterocycles. The summed E-state index contributed by atoms with van der Waals surface area (Å²) in [6.45, 7) is 1.29. The number of hydrogen-bond acceptors (Lipinski definition) is 3. The smallest absolute Gasteiger partial charge is 0.215 e. The van der Waals surface area contributed by atoms with E-state index in [0.717, 1.165) is 45.3 Å². The minimum absolute atomic E-state index is 0.593. The Labute approximate surface area is 187 Å². The van der Waals surface area contributed by atoms with E-state index in [0.29, 0.717) is 13.2 Å². The van der Waals surface area contributed by atoms with Crippen LogP contribution in [0.1, 0.15) is 0 Å². The van der Waals surface area contributed by atoms with Gasteiger partial charge in [-0.1, -0.05) is 72.8 Å². The lowest BCUT2D eigenvalue weighted by molar-refractivity contribution is 0.188. The highest BCUT2D eigenvalue weighted by Gasteiger charge is 2.21. The summed E-state index contributed by atoms with van der Waals surface area (Å²) in [5, 5.41) is 0. The molecule has 0 bridgehead atoms. The minimum Gasteiger partial charge on any atom is -0.497 e. The van der Waals surface area contributed by atoms with Crippen molar-refractivity contribution in [2.24, 2.45) is 0 Å². The van der Waals surface area contributed by atoms with E-state index in [4.69, 9.17) is 14.5 Å². The van der Waals surface area contributed by atoms with E-state index < -0.39 is 0 Å². The number of methoxy groups -OCH3 is 2. The fraction of sp³-hybridized carbons (Fsp3) is 0.148. The Balaban J connectivity index is 1.79. The van der Waals surface area contributed by atoms with Crippen molar-refractivity contribution >= 4 is 5.78 Å². The zero-order valence-corrected chi connectivity index (χ0v) is 18.2. The quantitative estimate of drug-likeness (QED) is 0.333. The van der Waals surface area contributed by atoms with Crippen molar-refractivity contribution in [3.8, 4) is 39.5 Å². The van der Waals surface area contributed by atoms with Gasteiger partial charge in [-0.15, -0.1) is 0 Å². The molecule has 0 spiro atoms. The van der Waals surface area contributed by atoms with Gasteiger partial charge in [0.2, 0.25) is 5.78 Å². The number of imidazole rings is 2. The van der Waals surface area contributed by atoms with Gasteiger partial charge >= 0.3 is 0 Å². The first-order valence-electron chi connectivity index (χ1n) is 10.7. The van der Waals surface area contributed by atoms with Crippen LogP contribution in [0.5, 0.6) is 5.75 Å². The summed E-state index contributed by atoms with van der Waals surface area (Å²) in [5.74, 6) is 1.71. The average molecular weight is 424 g/mol. The Kier molecular flexibility index (Phi) is 5.48. The van der Waals surface area contributed by atoms with E-state index in [1.54, 1.807) is 14.2 Å². The molecular weight excluding hydrogens is 398 g/mol.